The molecule has 1 aliphatic heterocycles. The summed E-state index contributed by atoms with van der Waals surface area (Å²) in [6.45, 7) is 6.46. The van der Waals surface area contributed by atoms with Crippen LogP contribution in [-0.2, 0) is 21.0 Å². The van der Waals surface area contributed by atoms with E-state index < -0.39 is 5.60 Å². The lowest BCUT2D eigenvalue weighted by molar-refractivity contribution is -0.143. The SMILES string of the molecule is CC(C)(C)OC(=O)N1CC(C(=O)NOCc2ccccc2)C1. The summed E-state index contributed by atoms with van der Waals surface area (Å²) in [5, 5.41) is 0. The number of nitrogens with zero attached hydrogens (tertiary/aromatic N) is 1. The van der Waals surface area contributed by atoms with Gasteiger partial charge >= 0.3 is 6.09 Å². The van der Waals surface area contributed by atoms with Gasteiger partial charge in [0.1, 0.15) is 5.60 Å². The van der Waals surface area contributed by atoms with Crippen LogP contribution in [-0.4, -0.2) is 35.6 Å². The number of rotatable bonds is 4. The largest absolute Gasteiger partial charge is 0.444 e. The van der Waals surface area contributed by atoms with Crippen molar-refractivity contribution in [2.75, 3.05) is 13.1 Å². The smallest absolute Gasteiger partial charge is 0.410 e. The predicted molar refractivity (Wildman–Crippen MR) is 80.7 cm³/mol. The van der Waals surface area contributed by atoms with Crippen LogP contribution < -0.4 is 5.48 Å². The number of amides is 2. The molecule has 0 spiro atoms. The Labute approximate surface area is 130 Å². The third-order valence-corrected chi connectivity index (χ3v) is 3.16. The molecular formula is C16H22N2O4. The van der Waals surface area contributed by atoms with Crippen LogP contribution in [0.1, 0.15) is 26.3 Å². The van der Waals surface area contributed by atoms with Crippen molar-refractivity contribution in [1.82, 2.24) is 10.4 Å². The van der Waals surface area contributed by atoms with Gasteiger partial charge in [0.2, 0.25) is 5.91 Å². The Morgan fingerprint density at radius 2 is 1.86 bits per heavy atom. The van der Waals surface area contributed by atoms with Crippen molar-refractivity contribution in [2.24, 2.45) is 5.92 Å². The van der Waals surface area contributed by atoms with Crippen LogP contribution >= 0.6 is 0 Å². The molecule has 0 aliphatic carbocycles. The number of carbonyl (C=O) groups is 2. The summed E-state index contributed by atoms with van der Waals surface area (Å²) in [7, 11) is 0. The van der Waals surface area contributed by atoms with Gasteiger partial charge in [-0.25, -0.2) is 10.3 Å². The first-order valence-electron chi connectivity index (χ1n) is 7.28. The van der Waals surface area contributed by atoms with E-state index in [4.69, 9.17) is 9.57 Å². The average Bonchev–Trinajstić information content (AvgIpc) is 2.36. The van der Waals surface area contributed by atoms with Crippen LogP contribution in [0.4, 0.5) is 4.79 Å². The summed E-state index contributed by atoms with van der Waals surface area (Å²) in [5.41, 5.74) is 2.88. The number of hydroxylamine groups is 1. The van der Waals surface area contributed by atoms with E-state index in [2.05, 4.69) is 5.48 Å². The molecule has 120 valence electrons. The van der Waals surface area contributed by atoms with Gasteiger partial charge in [-0.2, -0.15) is 0 Å². The molecule has 1 aromatic rings. The van der Waals surface area contributed by atoms with Gasteiger partial charge < -0.3 is 9.64 Å². The number of ether oxygens (including phenoxy) is 1. The minimum absolute atomic E-state index is 0.212. The summed E-state index contributed by atoms with van der Waals surface area (Å²) in [4.78, 5) is 30.3. The van der Waals surface area contributed by atoms with Crippen LogP contribution in [0.15, 0.2) is 30.3 Å². The Hall–Kier alpha value is -2.08. The number of benzene rings is 1. The molecule has 0 radical (unpaired) electrons. The van der Waals surface area contributed by atoms with Crippen molar-refractivity contribution in [3.05, 3.63) is 35.9 Å². The Bertz CT molecular complexity index is 519. The fraction of sp³-hybridized carbons (Fsp3) is 0.500. The number of likely N-dealkylation sites (tertiary alicyclic amines) is 1. The maximum atomic E-state index is 11.9. The van der Waals surface area contributed by atoms with E-state index in [9.17, 15) is 9.59 Å². The summed E-state index contributed by atoms with van der Waals surface area (Å²) in [6.07, 6.45) is -0.387. The molecule has 6 heteroatoms. The highest BCUT2D eigenvalue weighted by molar-refractivity contribution is 5.81. The number of hydrogen-bond acceptors (Lipinski definition) is 4. The zero-order valence-electron chi connectivity index (χ0n) is 13.2. The number of nitrogens with one attached hydrogen (secondary N) is 1. The Morgan fingerprint density at radius 3 is 2.45 bits per heavy atom. The second-order valence-electron chi connectivity index (χ2n) is 6.32. The molecule has 1 heterocycles. The Balaban J connectivity index is 1.65. The maximum absolute atomic E-state index is 11.9. The minimum Gasteiger partial charge on any atom is -0.444 e. The van der Waals surface area contributed by atoms with Crippen LogP contribution in [0.25, 0.3) is 0 Å². The molecule has 1 fully saturated rings. The van der Waals surface area contributed by atoms with Gasteiger partial charge in [0.05, 0.1) is 12.5 Å². The van der Waals surface area contributed by atoms with Gasteiger partial charge in [-0.3, -0.25) is 9.63 Å². The average molecular weight is 306 g/mol. The molecule has 0 unspecified atom stereocenters. The first kappa shape index (κ1) is 16.3. The van der Waals surface area contributed by atoms with Gasteiger partial charge in [-0.15, -0.1) is 0 Å². The monoisotopic (exact) mass is 306 g/mol. The topological polar surface area (TPSA) is 67.9 Å². The number of carbonyl (C=O) groups excluding carboxylic acids is 2. The molecule has 1 N–H and O–H groups in total. The van der Waals surface area contributed by atoms with E-state index >= 15 is 0 Å². The highest BCUT2D eigenvalue weighted by Gasteiger charge is 2.37. The van der Waals surface area contributed by atoms with Crippen LogP contribution in [0.3, 0.4) is 0 Å². The van der Waals surface area contributed by atoms with Gasteiger partial charge in [-0.05, 0) is 26.3 Å². The lowest BCUT2D eigenvalue weighted by Crippen LogP contribution is -2.56. The third-order valence-electron chi connectivity index (χ3n) is 3.16. The Morgan fingerprint density at radius 1 is 1.23 bits per heavy atom. The zero-order chi connectivity index (χ0) is 16.2. The summed E-state index contributed by atoms with van der Waals surface area (Å²) < 4.78 is 5.23. The van der Waals surface area contributed by atoms with Crippen LogP contribution in [0.5, 0.6) is 0 Å². The molecule has 1 saturated heterocycles. The van der Waals surface area contributed by atoms with Crippen LogP contribution in [0, 0.1) is 5.92 Å². The first-order chi connectivity index (χ1) is 10.3. The van der Waals surface area contributed by atoms with E-state index in [0.717, 1.165) is 5.56 Å². The molecule has 22 heavy (non-hydrogen) atoms. The molecule has 0 aromatic heterocycles. The van der Waals surface area contributed by atoms with Gasteiger partial charge in [0.25, 0.3) is 0 Å². The van der Waals surface area contributed by atoms with Crippen molar-refractivity contribution in [1.29, 1.82) is 0 Å². The second kappa shape index (κ2) is 6.79. The Kier molecular flexibility index (Phi) is 5.03. The highest BCUT2D eigenvalue weighted by atomic mass is 16.7. The maximum Gasteiger partial charge on any atom is 0.410 e. The van der Waals surface area contributed by atoms with Gasteiger partial charge in [-0.1, -0.05) is 30.3 Å². The van der Waals surface area contributed by atoms with E-state index in [-0.39, 0.29) is 17.9 Å². The molecule has 2 rings (SSSR count). The van der Waals surface area contributed by atoms with Crippen LogP contribution in [0.2, 0.25) is 0 Å². The normalized spacial score (nSPS) is 15.1. The van der Waals surface area contributed by atoms with E-state index in [1.54, 1.807) is 0 Å². The van der Waals surface area contributed by atoms with E-state index in [1.807, 2.05) is 51.1 Å². The van der Waals surface area contributed by atoms with Crippen molar-refractivity contribution in [3.63, 3.8) is 0 Å². The fourth-order valence-electron chi connectivity index (χ4n) is 1.97. The van der Waals surface area contributed by atoms with Gasteiger partial charge in [0.15, 0.2) is 0 Å². The molecule has 2 amide bonds. The molecule has 1 aromatic carbocycles. The number of hydrogen-bond donors (Lipinski definition) is 1. The van der Waals surface area contributed by atoms with E-state index in [0.29, 0.717) is 19.7 Å². The van der Waals surface area contributed by atoms with Crippen molar-refractivity contribution in [3.8, 4) is 0 Å². The standard InChI is InChI=1S/C16H22N2O4/c1-16(2,3)22-15(20)18-9-13(10-18)14(19)17-21-11-12-7-5-4-6-8-12/h4-8,13H,9-11H2,1-3H3,(H,17,19). The van der Waals surface area contributed by atoms with E-state index in [1.165, 1.54) is 4.90 Å². The van der Waals surface area contributed by atoms with Crippen molar-refractivity contribution < 1.29 is 19.2 Å². The summed E-state index contributed by atoms with van der Waals surface area (Å²) in [6, 6.07) is 9.57. The van der Waals surface area contributed by atoms with Crippen molar-refractivity contribution in [2.45, 2.75) is 33.0 Å². The highest BCUT2D eigenvalue weighted by Crippen LogP contribution is 2.19. The molecule has 0 bridgehead atoms. The lowest BCUT2D eigenvalue weighted by atomic mass is 10.0. The second-order valence-corrected chi connectivity index (χ2v) is 6.32. The van der Waals surface area contributed by atoms with Crippen molar-refractivity contribution >= 4 is 12.0 Å². The summed E-state index contributed by atoms with van der Waals surface area (Å²) in [5.74, 6) is -0.459. The molecular weight excluding hydrogens is 284 g/mol. The lowest BCUT2D eigenvalue weighted by Gasteiger charge is -2.38. The quantitative estimate of drug-likeness (QED) is 0.865. The summed E-state index contributed by atoms with van der Waals surface area (Å²) >= 11 is 0. The van der Waals surface area contributed by atoms with Gasteiger partial charge in [0, 0.05) is 13.1 Å². The zero-order valence-corrected chi connectivity index (χ0v) is 13.2. The molecule has 0 saturated carbocycles. The predicted octanol–water partition coefficient (Wildman–Crippen LogP) is 2.10. The molecule has 6 nitrogen and oxygen atoms in total. The fourth-order valence-corrected chi connectivity index (χ4v) is 1.97. The molecule has 1 aliphatic rings. The third kappa shape index (κ3) is 4.73. The minimum atomic E-state index is -0.525. The molecule has 0 atom stereocenters. The first-order valence-corrected chi connectivity index (χ1v) is 7.28.